The lowest BCUT2D eigenvalue weighted by atomic mass is 10.1. The largest absolute Gasteiger partial charge is 0.378 e. The number of anilines is 1. The molecule has 0 aliphatic carbocycles. The molecule has 0 saturated carbocycles. The summed E-state index contributed by atoms with van der Waals surface area (Å²) in [4.78, 5) is 4.01. The molecule has 1 aromatic rings. The molecule has 2 atom stereocenters. The SMILES string of the molecule is C[C@H]1OCC[C@@H]1Nc1ccc(Cl)nc1. The molecule has 14 heavy (non-hydrogen) atoms. The van der Waals surface area contributed by atoms with Gasteiger partial charge in [0, 0.05) is 6.61 Å². The fourth-order valence-electron chi connectivity index (χ4n) is 1.60. The van der Waals surface area contributed by atoms with Crippen molar-refractivity contribution in [3.05, 3.63) is 23.5 Å². The third-order valence-corrected chi connectivity index (χ3v) is 2.68. The molecule has 4 heteroatoms. The average molecular weight is 213 g/mol. The van der Waals surface area contributed by atoms with Crippen LogP contribution >= 0.6 is 11.6 Å². The van der Waals surface area contributed by atoms with Gasteiger partial charge in [-0.1, -0.05) is 11.6 Å². The summed E-state index contributed by atoms with van der Waals surface area (Å²) < 4.78 is 5.45. The molecule has 2 rings (SSSR count). The predicted molar refractivity (Wildman–Crippen MR) is 56.7 cm³/mol. The summed E-state index contributed by atoms with van der Waals surface area (Å²) in [6.45, 7) is 2.91. The van der Waals surface area contributed by atoms with Gasteiger partial charge in [-0.15, -0.1) is 0 Å². The summed E-state index contributed by atoms with van der Waals surface area (Å²) in [6.07, 6.45) is 3.06. The lowest BCUT2D eigenvalue weighted by Gasteiger charge is -2.16. The first-order chi connectivity index (χ1) is 6.75. The van der Waals surface area contributed by atoms with E-state index in [1.807, 2.05) is 6.07 Å². The number of hydrogen-bond acceptors (Lipinski definition) is 3. The van der Waals surface area contributed by atoms with Gasteiger partial charge in [0.15, 0.2) is 0 Å². The Hall–Kier alpha value is -0.800. The van der Waals surface area contributed by atoms with E-state index in [2.05, 4.69) is 17.2 Å². The highest BCUT2D eigenvalue weighted by Crippen LogP contribution is 2.18. The van der Waals surface area contributed by atoms with Crippen LogP contribution in [-0.4, -0.2) is 23.7 Å². The van der Waals surface area contributed by atoms with Gasteiger partial charge >= 0.3 is 0 Å². The molecule has 0 bridgehead atoms. The molecule has 0 spiro atoms. The van der Waals surface area contributed by atoms with Gasteiger partial charge in [0.2, 0.25) is 0 Å². The van der Waals surface area contributed by atoms with Crippen LogP contribution in [0.2, 0.25) is 5.15 Å². The number of rotatable bonds is 2. The number of nitrogens with one attached hydrogen (secondary N) is 1. The minimum atomic E-state index is 0.269. The van der Waals surface area contributed by atoms with Crippen LogP contribution in [0.5, 0.6) is 0 Å². The highest BCUT2D eigenvalue weighted by Gasteiger charge is 2.23. The fraction of sp³-hybridized carbons (Fsp3) is 0.500. The average Bonchev–Trinajstić information content (AvgIpc) is 2.56. The number of pyridine rings is 1. The normalized spacial score (nSPS) is 26.4. The molecule has 0 unspecified atom stereocenters. The Morgan fingerprint density at radius 2 is 2.43 bits per heavy atom. The molecule has 1 aromatic heterocycles. The number of nitrogens with zero attached hydrogens (tertiary/aromatic N) is 1. The third kappa shape index (κ3) is 2.16. The van der Waals surface area contributed by atoms with Crippen LogP contribution in [0.3, 0.4) is 0 Å². The number of aromatic nitrogens is 1. The summed E-state index contributed by atoms with van der Waals surface area (Å²) in [7, 11) is 0. The van der Waals surface area contributed by atoms with E-state index in [9.17, 15) is 0 Å². The first kappa shape index (κ1) is 9.74. The maximum atomic E-state index is 5.69. The Kier molecular flexibility index (Phi) is 2.89. The molecule has 1 saturated heterocycles. The second-order valence-corrected chi connectivity index (χ2v) is 3.87. The molecule has 76 valence electrons. The van der Waals surface area contributed by atoms with E-state index in [1.165, 1.54) is 0 Å². The molecule has 3 nitrogen and oxygen atoms in total. The Balaban J connectivity index is 2.00. The zero-order chi connectivity index (χ0) is 9.97. The highest BCUT2D eigenvalue weighted by atomic mass is 35.5. The van der Waals surface area contributed by atoms with Crippen molar-refractivity contribution in [2.24, 2.45) is 0 Å². The molecule has 0 aromatic carbocycles. The van der Waals surface area contributed by atoms with Gasteiger partial charge in [-0.2, -0.15) is 0 Å². The summed E-state index contributed by atoms with van der Waals surface area (Å²) in [6, 6.07) is 4.10. The smallest absolute Gasteiger partial charge is 0.129 e. The maximum Gasteiger partial charge on any atom is 0.129 e. The molecular weight excluding hydrogens is 200 g/mol. The number of halogens is 1. The highest BCUT2D eigenvalue weighted by molar-refractivity contribution is 6.29. The zero-order valence-corrected chi connectivity index (χ0v) is 8.79. The minimum Gasteiger partial charge on any atom is -0.378 e. The van der Waals surface area contributed by atoms with Crippen LogP contribution in [0, 0.1) is 0 Å². The lowest BCUT2D eigenvalue weighted by molar-refractivity contribution is 0.121. The van der Waals surface area contributed by atoms with Gasteiger partial charge in [0.25, 0.3) is 0 Å². The van der Waals surface area contributed by atoms with E-state index in [0.29, 0.717) is 11.2 Å². The third-order valence-electron chi connectivity index (χ3n) is 2.46. The molecule has 2 heterocycles. The van der Waals surface area contributed by atoms with Crippen LogP contribution in [0.25, 0.3) is 0 Å². The first-order valence-electron chi connectivity index (χ1n) is 4.75. The Labute approximate surface area is 88.4 Å². The molecule has 1 aliphatic heterocycles. The Bertz CT molecular complexity index is 301. The summed E-state index contributed by atoms with van der Waals surface area (Å²) in [5.41, 5.74) is 0.997. The second kappa shape index (κ2) is 4.15. The van der Waals surface area contributed by atoms with Crippen molar-refractivity contribution in [1.29, 1.82) is 0 Å². The molecule has 1 aliphatic rings. The topological polar surface area (TPSA) is 34.1 Å². The van der Waals surface area contributed by atoms with Crippen LogP contribution < -0.4 is 5.32 Å². The van der Waals surface area contributed by atoms with Crippen molar-refractivity contribution < 1.29 is 4.74 Å². The summed E-state index contributed by atoms with van der Waals surface area (Å²) >= 11 is 5.69. The standard InChI is InChI=1S/C10H13ClN2O/c1-7-9(4-5-14-7)13-8-2-3-10(11)12-6-8/h2-3,6-7,9,13H,4-5H2,1H3/t7-,9+/m1/s1. The van der Waals surface area contributed by atoms with E-state index < -0.39 is 0 Å². The summed E-state index contributed by atoms with van der Waals surface area (Å²) in [5.74, 6) is 0. The van der Waals surface area contributed by atoms with E-state index >= 15 is 0 Å². The van der Waals surface area contributed by atoms with Crippen molar-refractivity contribution in [1.82, 2.24) is 4.98 Å². The number of ether oxygens (including phenoxy) is 1. The monoisotopic (exact) mass is 212 g/mol. The molecular formula is C10H13ClN2O. The van der Waals surface area contributed by atoms with E-state index in [-0.39, 0.29) is 6.10 Å². The zero-order valence-electron chi connectivity index (χ0n) is 8.03. The van der Waals surface area contributed by atoms with Gasteiger partial charge in [0.1, 0.15) is 5.15 Å². The van der Waals surface area contributed by atoms with Gasteiger partial charge < -0.3 is 10.1 Å². The Morgan fingerprint density at radius 1 is 1.57 bits per heavy atom. The van der Waals surface area contributed by atoms with Crippen LogP contribution in [-0.2, 0) is 4.74 Å². The predicted octanol–water partition coefficient (Wildman–Crippen LogP) is 2.32. The van der Waals surface area contributed by atoms with Crippen molar-refractivity contribution in [2.45, 2.75) is 25.5 Å². The molecule has 0 amide bonds. The van der Waals surface area contributed by atoms with Crippen LogP contribution in [0.4, 0.5) is 5.69 Å². The van der Waals surface area contributed by atoms with Crippen molar-refractivity contribution in [3.8, 4) is 0 Å². The lowest BCUT2D eigenvalue weighted by Crippen LogP contribution is -2.26. The van der Waals surface area contributed by atoms with Crippen molar-refractivity contribution in [3.63, 3.8) is 0 Å². The van der Waals surface area contributed by atoms with Gasteiger partial charge in [0.05, 0.1) is 24.0 Å². The van der Waals surface area contributed by atoms with Gasteiger partial charge in [-0.05, 0) is 25.5 Å². The number of hydrogen-bond donors (Lipinski definition) is 1. The molecule has 0 radical (unpaired) electrons. The fourth-order valence-corrected chi connectivity index (χ4v) is 1.71. The Morgan fingerprint density at radius 3 is 3.00 bits per heavy atom. The van der Waals surface area contributed by atoms with Gasteiger partial charge in [-0.25, -0.2) is 4.98 Å². The maximum absolute atomic E-state index is 5.69. The van der Waals surface area contributed by atoms with Crippen molar-refractivity contribution >= 4 is 17.3 Å². The second-order valence-electron chi connectivity index (χ2n) is 3.49. The first-order valence-corrected chi connectivity index (χ1v) is 5.13. The molecule has 1 N–H and O–H groups in total. The van der Waals surface area contributed by atoms with E-state index in [0.717, 1.165) is 18.7 Å². The minimum absolute atomic E-state index is 0.269. The quantitative estimate of drug-likeness (QED) is 0.765. The van der Waals surface area contributed by atoms with Gasteiger partial charge in [-0.3, -0.25) is 0 Å². The summed E-state index contributed by atoms with van der Waals surface area (Å²) in [5, 5.41) is 3.89. The van der Waals surface area contributed by atoms with Crippen LogP contribution in [0.1, 0.15) is 13.3 Å². The van der Waals surface area contributed by atoms with Crippen LogP contribution in [0.15, 0.2) is 18.3 Å². The van der Waals surface area contributed by atoms with E-state index in [4.69, 9.17) is 16.3 Å². The molecule has 1 fully saturated rings. The van der Waals surface area contributed by atoms with E-state index in [1.54, 1.807) is 12.3 Å². The van der Waals surface area contributed by atoms with Crippen molar-refractivity contribution in [2.75, 3.05) is 11.9 Å².